The minimum atomic E-state index is -1.22. The van der Waals surface area contributed by atoms with Crippen molar-refractivity contribution in [2.45, 2.75) is 63.9 Å². The number of primary amides is 1. The first-order valence-corrected chi connectivity index (χ1v) is 17.5. The number of alkyl carbamates (subject to hydrolysis) is 1. The van der Waals surface area contributed by atoms with Crippen LogP contribution in [0.3, 0.4) is 0 Å². The maximum absolute atomic E-state index is 14.0. The first-order valence-electron chi connectivity index (χ1n) is 17.5. The highest BCUT2D eigenvalue weighted by Crippen LogP contribution is 2.13. The van der Waals surface area contributed by atoms with Gasteiger partial charge in [-0.2, -0.15) is 0 Å². The minimum Gasteiger partial charge on any atom is -0.445 e. The van der Waals surface area contributed by atoms with E-state index in [2.05, 4.69) is 16.0 Å². The van der Waals surface area contributed by atoms with E-state index < -0.39 is 48.2 Å². The lowest BCUT2D eigenvalue weighted by Crippen LogP contribution is -2.58. The summed E-state index contributed by atoms with van der Waals surface area (Å²) in [5.41, 5.74) is 9.13. The molecule has 0 saturated carbocycles. The van der Waals surface area contributed by atoms with Gasteiger partial charge in [-0.15, -0.1) is 0 Å². The number of benzene rings is 4. The van der Waals surface area contributed by atoms with Crippen molar-refractivity contribution in [1.29, 1.82) is 0 Å². The average molecular weight is 708 g/mol. The molecule has 0 aliphatic heterocycles. The first kappa shape index (κ1) is 39.1. The zero-order valence-corrected chi connectivity index (χ0v) is 29.7. The molecule has 0 aromatic heterocycles. The van der Waals surface area contributed by atoms with Crippen LogP contribution in [0.5, 0.6) is 0 Å². The van der Waals surface area contributed by atoms with Crippen LogP contribution >= 0.6 is 0 Å². The second kappa shape index (κ2) is 20.2. The average Bonchev–Trinajstić information content (AvgIpc) is 3.15. The summed E-state index contributed by atoms with van der Waals surface area (Å²) in [6, 6.07) is 34.0. The Hall–Kier alpha value is -5.68. The van der Waals surface area contributed by atoms with Gasteiger partial charge in [-0.05, 0) is 41.0 Å². The number of urea groups is 1. The number of nitrogens with zero attached hydrogens (tertiary/aromatic N) is 1. The maximum Gasteiger partial charge on any atom is 0.407 e. The van der Waals surface area contributed by atoms with Crippen LogP contribution in [0.4, 0.5) is 9.59 Å². The first-order chi connectivity index (χ1) is 25.1. The van der Waals surface area contributed by atoms with Crippen molar-refractivity contribution in [2.24, 2.45) is 11.7 Å². The normalized spacial score (nSPS) is 13.2. The fraction of sp³-hybridized carbons (Fsp3) is 0.317. The molecule has 274 valence electrons. The molecule has 0 unspecified atom stereocenters. The SMILES string of the molecule is CC(C)[C@H](NC(=O)N(CCc1ccccc1)C[C@@H](O)[C@H](Cc1ccccc1)NC(=O)OCc1ccccc1)C(=O)N[C@@H](Cc1ccccc1)C(N)=O. The molecule has 0 radical (unpaired) electrons. The highest BCUT2D eigenvalue weighted by atomic mass is 16.5. The van der Waals surface area contributed by atoms with Gasteiger partial charge in [-0.25, -0.2) is 9.59 Å². The maximum atomic E-state index is 14.0. The number of carbonyl (C=O) groups excluding carboxylic acids is 4. The summed E-state index contributed by atoms with van der Waals surface area (Å²) in [6.07, 6.45) is -0.998. The zero-order chi connectivity index (χ0) is 37.3. The Morgan fingerprint density at radius 3 is 1.71 bits per heavy atom. The van der Waals surface area contributed by atoms with Gasteiger partial charge in [-0.3, -0.25) is 9.59 Å². The second-order valence-corrected chi connectivity index (χ2v) is 13.1. The molecule has 5 amide bonds. The monoisotopic (exact) mass is 707 g/mol. The van der Waals surface area contributed by atoms with Gasteiger partial charge in [0.15, 0.2) is 0 Å². The number of rotatable bonds is 18. The topological polar surface area (TPSA) is 163 Å². The number of ether oxygens (including phenoxy) is 1. The predicted molar refractivity (Wildman–Crippen MR) is 200 cm³/mol. The van der Waals surface area contributed by atoms with Gasteiger partial charge in [0.05, 0.1) is 18.7 Å². The Balaban J connectivity index is 1.51. The summed E-state index contributed by atoms with van der Waals surface area (Å²) in [4.78, 5) is 54.3. The van der Waals surface area contributed by atoms with Crippen molar-refractivity contribution < 1.29 is 29.0 Å². The zero-order valence-electron chi connectivity index (χ0n) is 29.7. The molecule has 11 heteroatoms. The summed E-state index contributed by atoms with van der Waals surface area (Å²) < 4.78 is 5.46. The van der Waals surface area contributed by atoms with Crippen molar-refractivity contribution in [3.8, 4) is 0 Å². The van der Waals surface area contributed by atoms with Crippen molar-refractivity contribution in [1.82, 2.24) is 20.9 Å². The quantitative estimate of drug-likeness (QED) is 0.103. The van der Waals surface area contributed by atoms with Crippen LogP contribution < -0.4 is 21.7 Å². The van der Waals surface area contributed by atoms with E-state index in [0.717, 1.165) is 22.3 Å². The third-order valence-corrected chi connectivity index (χ3v) is 8.66. The molecule has 4 atom stereocenters. The number of amides is 5. The molecule has 0 heterocycles. The van der Waals surface area contributed by atoms with Crippen LogP contribution in [0.15, 0.2) is 121 Å². The molecule has 0 aliphatic rings. The van der Waals surface area contributed by atoms with Gasteiger partial charge in [0.2, 0.25) is 11.8 Å². The Bertz CT molecular complexity index is 1690. The third kappa shape index (κ3) is 12.9. The van der Waals surface area contributed by atoms with E-state index in [1.54, 1.807) is 13.8 Å². The van der Waals surface area contributed by atoms with Crippen LogP contribution in [0.2, 0.25) is 0 Å². The Kier molecular flexibility index (Phi) is 15.2. The Labute approximate surface area is 305 Å². The van der Waals surface area contributed by atoms with E-state index in [0.29, 0.717) is 6.42 Å². The lowest BCUT2D eigenvalue weighted by Gasteiger charge is -2.32. The molecule has 0 aliphatic carbocycles. The number of nitrogens with two attached hydrogens (primary N) is 1. The summed E-state index contributed by atoms with van der Waals surface area (Å²) >= 11 is 0. The molecule has 0 saturated heterocycles. The largest absolute Gasteiger partial charge is 0.445 e. The van der Waals surface area contributed by atoms with Gasteiger partial charge < -0.3 is 36.4 Å². The van der Waals surface area contributed by atoms with Crippen molar-refractivity contribution in [3.05, 3.63) is 144 Å². The number of hydrogen-bond donors (Lipinski definition) is 5. The van der Waals surface area contributed by atoms with Crippen LogP contribution in [-0.4, -0.2) is 71.3 Å². The summed E-state index contributed by atoms with van der Waals surface area (Å²) in [6.45, 7) is 3.65. The van der Waals surface area contributed by atoms with Crippen LogP contribution in [-0.2, 0) is 40.2 Å². The van der Waals surface area contributed by atoms with Gasteiger partial charge in [-0.1, -0.05) is 135 Å². The van der Waals surface area contributed by atoms with E-state index in [9.17, 15) is 24.3 Å². The highest BCUT2D eigenvalue weighted by molar-refractivity contribution is 5.91. The van der Waals surface area contributed by atoms with E-state index in [4.69, 9.17) is 10.5 Å². The van der Waals surface area contributed by atoms with Gasteiger partial charge >= 0.3 is 12.1 Å². The van der Waals surface area contributed by atoms with E-state index in [1.165, 1.54) is 4.90 Å². The number of carbonyl (C=O) groups is 4. The number of nitrogens with one attached hydrogen (secondary N) is 3. The molecule has 0 spiro atoms. The molecule has 4 aromatic rings. The molecule has 6 N–H and O–H groups in total. The molecule has 4 aromatic carbocycles. The molecule has 4 rings (SSSR count). The minimum absolute atomic E-state index is 0.0487. The summed E-state index contributed by atoms with van der Waals surface area (Å²) in [5.74, 6) is -1.61. The number of hydrogen-bond acceptors (Lipinski definition) is 6. The smallest absolute Gasteiger partial charge is 0.407 e. The number of aliphatic hydroxyl groups excluding tert-OH is 1. The van der Waals surface area contributed by atoms with Gasteiger partial charge in [0, 0.05) is 13.0 Å². The van der Waals surface area contributed by atoms with Gasteiger partial charge in [0.25, 0.3) is 0 Å². The summed E-state index contributed by atoms with van der Waals surface area (Å²) in [7, 11) is 0. The highest BCUT2D eigenvalue weighted by Gasteiger charge is 2.32. The van der Waals surface area contributed by atoms with Crippen molar-refractivity contribution >= 4 is 23.9 Å². The van der Waals surface area contributed by atoms with Crippen molar-refractivity contribution in [3.63, 3.8) is 0 Å². The van der Waals surface area contributed by atoms with Crippen molar-refractivity contribution in [2.75, 3.05) is 13.1 Å². The fourth-order valence-electron chi connectivity index (χ4n) is 5.70. The van der Waals surface area contributed by atoms with Crippen LogP contribution in [0.25, 0.3) is 0 Å². The Morgan fingerprint density at radius 1 is 0.692 bits per heavy atom. The molecule has 0 bridgehead atoms. The van der Waals surface area contributed by atoms with E-state index in [-0.39, 0.29) is 38.5 Å². The van der Waals surface area contributed by atoms with Crippen LogP contribution in [0.1, 0.15) is 36.1 Å². The molecule has 52 heavy (non-hydrogen) atoms. The predicted octanol–water partition coefficient (Wildman–Crippen LogP) is 4.38. The molecule has 11 nitrogen and oxygen atoms in total. The molecular weight excluding hydrogens is 658 g/mol. The Morgan fingerprint density at radius 2 is 1.19 bits per heavy atom. The van der Waals surface area contributed by atoms with Gasteiger partial charge in [0.1, 0.15) is 18.7 Å². The lowest BCUT2D eigenvalue weighted by atomic mass is 10.0. The van der Waals surface area contributed by atoms with E-state index >= 15 is 0 Å². The third-order valence-electron chi connectivity index (χ3n) is 8.66. The van der Waals surface area contributed by atoms with Crippen LogP contribution in [0, 0.1) is 5.92 Å². The van der Waals surface area contributed by atoms with E-state index in [1.807, 2.05) is 121 Å². The molecular formula is C41H49N5O6. The number of aliphatic hydroxyl groups is 1. The standard InChI is InChI=1S/C41H49N5O6/c1-29(2)37(39(49)43-35(38(42)48)26-32-19-11-5-12-20-32)45-40(50)46(24-23-30-15-7-3-8-16-30)27-36(47)34(25-31-17-9-4-10-18-31)44-41(51)52-28-33-21-13-6-14-22-33/h3-22,29,34-37,47H,23-28H2,1-2H3,(H2,42,48)(H,43,49)(H,44,51)(H,45,50)/t34-,35-,36+,37-/m0/s1. The molecule has 0 fully saturated rings. The fourth-order valence-corrected chi connectivity index (χ4v) is 5.70. The lowest BCUT2D eigenvalue weighted by molar-refractivity contribution is -0.129. The summed E-state index contributed by atoms with van der Waals surface area (Å²) in [5, 5.41) is 20.0. The second-order valence-electron chi connectivity index (χ2n) is 13.1.